The highest BCUT2D eigenvalue weighted by molar-refractivity contribution is 7.09. The Kier molecular flexibility index (Phi) is 6.04. The van der Waals surface area contributed by atoms with Crippen LogP contribution in [0.3, 0.4) is 0 Å². The molecule has 0 saturated heterocycles. The van der Waals surface area contributed by atoms with Gasteiger partial charge in [-0.2, -0.15) is 0 Å². The number of hydrogen-bond donors (Lipinski definition) is 1. The van der Waals surface area contributed by atoms with Crippen molar-refractivity contribution in [3.05, 3.63) is 81.3 Å². The molecule has 140 valence electrons. The van der Waals surface area contributed by atoms with Crippen LogP contribution in [0.1, 0.15) is 45.0 Å². The van der Waals surface area contributed by atoms with Gasteiger partial charge in [0.25, 0.3) is 5.91 Å². The van der Waals surface area contributed by atoms with Gasteiger partial charge in [0.05, 0.1) is 6.04 Å². The first-order valence-corrected chi connectivity index (χ1v) is 9.90. The Bertz CT molecular complexity index is 884. The summed E-state index contributed by atoms with van der Waals surface area (Å²) < 4.78 is 0. The molecule has 1 aromatic heterocycles. The number of carbonyl (C=O) groups is 1. The van der Waals surface area contributed by atoms with Crippen molar-refractivity contribution in [3.8, 4) is 0 Å². The van der Waals surface area contributed by atoms with E-state index in [9.17, 15) is 4.79 Å². The Morgan fingerprint density at radius 2 is 1.81 bits per heavy atom. The summed E-state index contributed by atoms with van der Waals surface area (Å²) in [6.07, 6.45) is 1.84. The fraction of sp³-hybridized carbons (Fsp3) is 0.273. The zero-order valence-corrected chi connectivity index (χ0v) is 17.0. The van der Waals surface area contributed by atoms with Crippen molar-refractivity contribution in [1.29, 1.82) is 0 Å². The molecule has 4 nitrogen and oxygen atoms in total. The number of amides is 1. The number of aryl methyl sites for hydroxylation is 2. The van der Waals surface area contributed by atoms with Crippen molar-refractivity contribution < 1.29 is 4.79 Å². The van der Waals surface area contributed by atoms with Gasteiger partial charge in [-0.3, -0.25) is 9.69 Å². The largest absolute Gasteiger partial charge is 0.322 e. The van der Waals surface area contributed by atoms with E-state index in [2.05, 4.69) is 29.2 Å². The first-order valence-electron chi connectivity index (χ1n) is 9.02. The molecule has 1 amide bonds. The van der Waals surface area contributed by atoms with Crippen molar-refractivity contribution in [2.24, 2.45) is 0 Å². The molecule has 0 unspecified atom stereocenters. The third-order valence-corrected chi connectivity index (χ3v) is 5.78. The Labute approximate surface area is 164 Å². The highest BCUT2D eigenvalue weighted by Gasteiger charge is 2.15. The Hall–Kier alpha value is -2.50. The van der Waals surface area contributed by atoms with Gasteiger partial charge in [0, 0.05) is 29.4 Å². The standard InChI is InChI=1S/C22H25N3OS/c1-15-6-5-7-16(2)20(15)24-21(26)19-10-8-18(9-11-19)14-25(4)17(3)22-23-12-13-27-22/h5-13,17H,14H2,1-4H3,(H,24,26)/t17-/m1/s1. The van der Waals surface area contributed by atoms with Gasteiger partial charge in [-0.15, -0.1) is 11.3 Å². The molecule has 1 atom stereocenters. The molecule has 5 heteroatoms. The lowest BCUT2D eigenvalue weighted by atomic mass is 10.1. The highest BCUT2D eigenvalue weighted by atomic mass is 32.1. The van der Waals surface area contributed by atoms with E-state index < -0.39 is 0 Å². The van der Waals surface area contributed by atoms with Crippen LogP contribution in [0.2, 0.25) is 0 Å². The fourth-order valence-corrected chi connectivity index (χ4v) is 3.77. The summed E-state index contributed by atoms with van der Waals surface area (Å²) in [5.74, 6) is -0.0801. The van der Waals surface area contributed by atoms with Gasteiger partial charge in [-0.25, -0.2) is 4.98 Å². The molecule has 0 aliphatic heterocycles. The Morgan fingerprint density at radius 1 is 1.15 bits per heavy atom. The maximum Gasteiger partial charge on any atom is 0.255 e. The SMILES string of the molecule is Cc1cccc(C)c1NC(=O)c1ccc(CN(C)[C@H](C)c2nccs2)cc1. The average Bonchev–Trinajstić information content (AvgIpc) is 3.19. The number of nitrogens with one attached hydrogen (secondary N) is 1. The lowest BCUT2D eigenvalue weighted by Crippen LogP contribution is -2.22. The topological polar surface area (TPSA) is 45.2 Å². The second-order valence-corrected chi connectivity index (χ2v) is 7.81. The minimum Gasteiger partial charge on any atom is -0.322 e. The van der Waals surface area contributed by atoms with Gasteiger partial charge < -0.3 is 5.32 Å². The molecule has 0 spiro atoms. The van der Waals surface area contributed by atoms with E-state index >= 15 is 0 Å². The van der Waals surface area contributed by atoms with Crippen LogP contribution in [-0.4, -0.2) is 22.8 Å². The van der Waals surface area contributed by atoms with Crippen LogP contribution in [-0.2, 0) is 6.54 Å². The molecule has 2 aromatic carbocycles. The zero-order valence-electron chi connectivity index (χ0n) is 16.2. The van der Waals surface area contributed by atoms with Gasteiger partial charge >= 0.3 is 0 Å². The second-order valence-electron chi connectivity index (χ2n) is 6.88. The van der Waals surface area contributed by atoms with Gasteiger partial charge in [0.15, 0.2) is 0 Å². The molecular formula is C22H25N3OS. The maximum absolute atomic E-state index is 12.6. The maximum atomic E-state index is 12.6. The number of carbonyl (C=O) groups excluding carboxylic acids is 1. The lowest BCUT2D eigenvalue weighted by molar-refractivity contribution is 0.102. The summed E-state index contributed by atoms with van der Waals surface area (Å²) in [6.45, 7) is 6.97. The molecule has 0 saturated carbocycles. The van der Waals surface area contributed by atoms with E-state index in [0.717, 1.165) is 28.4 Å². The summed E-state index contributed by atoms with van der Waals surface area (Å²) in [4.78, 5) is 19.2. The van der Waals surface area contributed by atoms with E-state index in [1.165, 1.54) is 5.56 Å². The quantitative estimate of drug-likeness (QED) is 0.640. The molecule has 0 aliphatic carbocycles. The van der Waals surface area contributed by atoms with Crippen molar-refractivity contribution in [2.75, 3.05) is 12.4 Å². The first kappa shape index (κ1) is 19.3. The minimum atomic E-state index is -0.0801. The molecule has 0 fully saturated rings. The minimum absolute atomic E-state index is 0.0801. The lowest BCUT2D eigenvalue weighted by Gasteiger charge is -2.23. The summed E-state index contributed by atoms with van der Waals surface area (Å²) in [5.41, 5.74) is 4.86. The monoisotopic (exact) mass is 379 g/mol. The van der Waals surface area contributed by atoms with Crippen molar-refractivity contribution >= 4 is 22.9 Å². The van der Waals surface area contributed by atoms with Gasteiger partial charge in [0.1, 0.15) is 5.01 Å². The summed E-state index contributed by atoms with van der Waals surface area (Å²) >= 11 is 1.67. The molecule has 27 heavy (non-hydrogen) atoms. The smallest absolute Gasteiger partial charge is 0.255 e. The fourth-order valence-electron chi connectivity index (χ4n) is 3.01. The van der Waals surface area contributed by atoms with Crippen LogP contribution >= 0.6 is 11.3 Å². The van der Waals surface area contributed by atoms with Crippen LogP contribution in [0.4, 0.5) is 5.69 Å². The Morgan fingerprint density at radius 3 is 2.41 bits per heavy atom. The first-order chi connectivity index (χ1) is 13.0. The van der Waals surface area contributed by atoms with E-state index in [1.54, 1.807) is 11.3 Å². The second kappa shape index (κ2) is 8.46. The van der Waals surface area contributed by atoms with Crippen LogP contribution < -0.4 is 5.32 Å². The summed E-state index contributed by atoms with van der Waals surface area (Å²) in [5, 5.41) is 6.15. The summed E-state index contributed by atoms with van der Waals surface area (Å²) in [6, 6.07) is 14.1. The molecule has 3 rings (SSSR count). The number of para-hydroxylation sites is 1. The van der Waals surface area contributed by atoms with Crippen molar-refractivity contribution in [3.63, 3.8) is 0 Å². The number of thiazole rings is 1. The predicted molar refractivity (Wildman–Crippen MR) is 112 cm³/mol. The van der Waals surface area contributed by atoms with Gasteiger partial charge in [-0.05, 0) is 56.6 Å². The molecule has 0 aliphatic rings. The Balaban J connectivity index is 1.65. The molecule has 3 aromatic rings. The third kappa shape index (κ3) is 4.62. The molecule has 1 heterocycles. The number of anilines is 1. The molecule has 0 radical (unpaired) electrons. The number of hydrogen-bond acceptors (Lipinski definition) is 4. The van der Waals surface area contributed by atoms with E-state index in [0.29, 0.717) is 5.56 Å². The van der Waals surface area contributed by atoms with Crippen LogP contribution in [0.5, 0.6) is 0 Å². The van der Waals surface area contributed by atoms with Crippen molar-refractivity contribution in [2.45, 2.75) is 33.4 Å². The number of benzene rings is 2. The van der Waals surface area contributed by atoms with Gasteiger partial charge in [-0.1, -0.05) is 30.3 Å². The zero-order chi connectivity index (χ0) is 19.4. The predicted octanol–water partition coefficient (Wildman–Crippen LogP) is 5.21. The van der Waals surface area contributed by atoms with Crippen LogP contribution in [0, 0.1) is 13.8 Å². The van der Waals surface area contributed by atoms with E-state index in [-0.39, 0.29) is 11.9 Å². The van der Waals surface area contributed by atoms with E-state index in [1.807, 2.05) is 67.9 Å². The number of nitrogens with zero attached hydrogens (tertiary/aromatic N) is 2. The highest BCUT2D eigenvalue weighted by Crippen LogP contribution is 2.23. The number of rotatable bonds is 6. The van der Waals surface area contributed by atoms with Crippen LogP contribution in [0.15, 0.2) is 54.0 Å². The van der Waals surface area contributed by atoms with Crippen LogP contribution in [0.25, 0.3) is 0 Å². The molecule has 0 bridgehead atoms. The van der Waals surface area contributed by atoms with Crippen molar-refractivity contribution in [1.82, 2.24) is 9.88 Å². The summed E-state index contributed by atoms with van der Waals surface area (Å²) in [7, 11) is 2.09. The third-order valence-electron chi connectivity index (χ3n) is 4.84. The average molecular weight is 380 g/mol. The van der Waals surface area contributed by atoms with E-state index in [4.69, 9.17) is 0 Å². The number of aromatic nitrogens is 1. The normalized spacial score (nSPS) is 12.2. The van der Waals surface area contributed by atoms with Gasteiger partial charge in [0.2, 0.25) is 0 Å². The molecular weight excluding hydrogens is 354 g/mol. The molecule has 1 N–H and O–H groups in total.